The third-order valence-corrected chi connectivity index (χ3v) is 6.35. The monoisotopic (exact) mass is 455 g/mol. The van der Waals surface area contributed by atoms with Crippen molar-refractivity contribution in [3.8, 4) is 11.5 Å². The van der Waals surface area contributed by atoms with E-state index in [0.29, 0.717) is 18.2 Å². The smallest absolute Gasteiger partial charge is 0.146 e. The zero-order valence-corrected chi connectivity index (χ0v) is 19.4. The number of aromatic nitrogens is 2. The lowest BCUT2D eigenvalue weighted by atomic mass is 9.91. The molecule has 0 N–H and O–H groups in total. The summed E-state index contributed by atoms with van der Waals surface area (Å²) in [4.78, 5) is 6.74. The quantitative estimate of drug-likeness (QED) is 0.467. The molecule has 0 atom stereocenters. The van der Waals surface area contributed by atoms with Gasteiger partial charge in [0, 0.05) is 51.2 Å². The molecule has 1 aliphatic rings. The van der Waals surface area contributed by atoms with E-state index in [-0.39, 0.29) is 5.60 Å². The Morgan fingerprint density at radius 1 is 1.03 bits per heavy atom. The first-order valence-electron chi connectivity index (χ1n) is 10.9. The Bertz CT molecular complexity index is 998. The normalized spacial score (nSPS) is 16.1. The molecule has 0 saturated carbocycles. The van der Waals surface area contributed by atoms with Gasteiger partial charge >= 0.3 is 0 Å². The van der Waals surface area contributed by atoms with Crippen LogP contribution >= 0.6 is 11.6 Å². The second kappa shape index (κ2) is 10.4. The largest absolute Gasteiger partial charge is 0.491 e. The fourth-order valence-electron chi connectivity index (χ4n) is 3.93. The van der Waals surface area contributed by atoms with Crippen LogP contribution in [-0.2, 0) is 24.9 Å². The van der Waals surface area contributed by atoms with Gasteiger partial charge in [-0.15, -0.1) is 0 Å². The van der Waals surface area contributed by atoms with Crippen molar-refractivity contribution in [1.82, 2.24) is 14.5 Å². The van der Waals surface area contributed by atoms with Crippen molar-refractivity contribution in [2.45, 2.75) is 31.6 Å². The SMILES string of the molecule is COC1(COc2cccc(Cl)c2)CCN(Cc2ccc(OCc3nccn3C)cc2)CC1. The Labute approximate surface area is 194 Å². The fraction of sp³-hybridized carbons (Fsp3) is 0.400. The number of methoxy groups -OCH3 is 1. The van der Waals surface area contributed by atoms with Gasteiger partial charge in [0.05, 0.1) is 0 Å². The van der Waals surface area contributed by atoms with Crippen LogP contribution in [-0.4, -0.2) is 46.9 Å². The number of likely N-dealkylation sites (tertiary alicyclic amines) is 1. The lowest BCUT2D eigenvalue weighted by molar-refractivity contribution is -0.0839. The van der Waals surface area contributed by atoms with Crippen LogP contribution in [0, 0.1) is 0 Å². The van der Waals surface area contributed by atoms with Gasteiger partial charge in [-0.05, 0) is 48.7 Å². The van der Waals surface area contributed by atoms with Gasteiger partial charge in [-0.1, -0.05) is 29.8 Å². The van der Waals surface area contributed by atoms with Crippen molar-refractivity contribution in [1.29, 1.82) is 0 Å². The number of imidazole rings is 1. The lowest BCUT2D eigenvalue weighted by Gasteiger charge is -2.40. The summed E-state index contributed by atoms with van der Waals surface area (Å²) in [5, 5.41) is 0.678. The highest BCUT2D eigenvalue weighted by atomic mass is 35.5. The van der Waals surface area contributed by atoms with E-state index in [2.05, 4.69) is 22.0 Å². The number of aryl methyl sites for hydroxylation is 1. The summed E-state index contributed by atoms with van der Waals surface area (Å²) >= 11 is 6.06. The molecule has 1 fully saturated rings. The Morgan fingerprint density at radius 3 is 2.47 bits per heavy atom. The van der Waals surface area contributed by atoms with Gasteiger partial charge in [0.25, 0.3) is 0 Å². The van der Waals surface area contributed by atoms with E-state index in [9.17, 15) is 0 Å². The number of benzene rings is 2. The molecule has 0 aliphatic carbocycles. The first kappa shape index (κ1) is 22.6. The van der Waals surface area contributed by atoms with Gasteiger partial charge in [0.2, 0.25) is 0 Å². The molecule has 1 saturated heterocycles. The number of halogens is 1. The minimum Gasteiger partial charge on any atom is -0.491 e. The molecule has 1 aromatic heterocycles. The lowest BCUT2D eigenvalue weighted by Crippen LogP contribution is -2.48. The van der Waals surface area contributed by atoms with Crippen molar-refractivity contribution in [3.63, 3.8) is 0 Å². The van der Waals surface area contributed by atoms with Crippen molar-refractivity contribution in [3.05, 3.63) is 77.3 Å². The summed E-state index contributed by atoms with van der Waals surface area (Å²) in [5.74, 6) is 2.54. The minimum atomic E-state index is -0.262. The molecule has 2 aromatic carbocycles. The molecule has 0 amide bonds. The van der Waals surface area contributed by atoms with E-state index in [1.54, 1.807) is 13.3 Å². The third kappa shape index (κ3) is 5.82. The molecule has 1 aliphatic heterocycles. The predicted molar refractivity (Wildman–Crippen MR) is 125 cm³/mol. The minimum absolute atomic E-state index is 0.262. The molecule has 4 rings (SSSR count). The van der Waals surface area contributed by atoms with Crippen LogP contribution in [0.5, 0.6) is 11.5 Å². The Morgan fingerprint density at radius 2 is 1.81 bits per heavy atom. The van der Waals surface area contributed by atoms with Crippen molar-refractivity contribution in [2.24, 2.45) is 7.05 Å². The number of ether oxygens (including phenoxy) is 3. The molecule has 170 valence electrons. The van der Waals surface area contributed by atoms with Gasteiger partial charge in [0.1, 0.15) is 36.1 Å². The zero-order chi connectivity index (χ0) is 22.4. The number of nitrogens with zero attached hydrogens (tertiary/aromatic N) is 3. The molecule has 7 heteroatoms. The highest BCUT2D eigenvalue weighted by Gasteiger charge is 2.35. The van der Waals surface area contributed by atoms with Crippen molar-refractivity contribution < 1.29 is 14.2 Å². The van der Waals surface area contributed by atoms with Crippen LogP contribution in [0.15, 0.2) is 60.9 Å². The summed E-state index contributed by atoms with van der Waals surface area (Å²) in [6, 6.07) is 15.8. The van der Waals surface area contributed by atoms with Crippen LogP contribution in [0.25, 0.3) is 0 Å². The number of piperidine rings is 1. The zero-order valence-electron chi connectivity index (χ0n) is 18.7. The standard InChI is InChI=1S/C25H30ClN3O3/c1-28-15-12-27-24(28)18-31-22-8-6-20(7-9-22)17-29-13-10-25(30-2,11-14-29)19-32-23-5-3-4-21(26)16-23/h3-9,12,15-16H,10-11,13-14,17-19H2,1-2H3. The molecular weight excluding hydrogens is 426 g/mol. The summed E-state index contributed by atoms with van der Waals surface area (Å²) < 4.78 is 19.7. The van der Waals surface area contributed by atoms with Crippen LogP contribution in [0.1, 0.15) is 24.2 Å². The molecule has 0 bridgehead atoms. The summed E-state index contributed by atoms with van der Waals surface area (Å²) in [5.41, 5.74) is 1.01. The maximum Gasteiger partial charge on any atom is 0.146 e. The topological polar surface area (TPSA) is 48.8 Å². The fourth-order valence-corrected chi connectivity index (χ4v) is 4.11. The van der Waals surface area contributed by atoms with Crippen LogP contribution in [0.2, 0.25) is 5.02 Å². The van der Waals surface area contributed by atoms with Crippen LogP contribution in [0.4, 0.5) is 0 Å². The maximum absolute atomic E-state index is 6.06. The summed E-state index contributed by atoms with van der Waals surface area (Å²) in [6.45, 7) is 3.83. The molecule has 6 nitrogen and oxygen atoms in total. The van der Waals surface area contributed by atoms with Gasteiger partial charge in [-0.3, -0.25) is 4.90 Å². The van der Waals surface area contributed by atoms with Gasteiger partial charge in [-0.2, -0.15) is 0 Å². The molecule has 0 spiro atoms. The average molecular weight is 456 g/mol. The highest BCUT2D eigenvalue weighted by Crippen LogP contribution is 2.29. The van der Waals surface area contributed by atoms with E-state index in [1.165, 1.54) is 5.56 Å². The van der Waals surface area contributed by atoms with E-state index in [0.717, 1.165) is 49.8 Å². The summed E-state index contributed by atoms with van der Waals surface area (Å²) in [6.07, 6.45) is 5.55. The van der Waals surface area contributed by atoms with E-state index in [4.69, 9.17) is 25.8 Å². The summed E-state index contributed by atoms with van der Waals surface area (Å²) in [7, 11) is 3.75. The maximum atomic E-state index is 6.06. The number of rotatable bonds is 9. The third-order valence-electron chi connectivity index (χ3n) is 6.12. The molecule has 0 radical (unpaired) electrons. The highest BCUT2D eigenvalue weighted by molar-refractivity contribution is 6.30. The van der Waals surface area contributed by atoms with Gasteiger partial charge < -0.3 is 18.8 Å². The van der Waals surface area contributed by atoms with Crippen LogP contribution in [0.3, 0.4) is 0 Å². The molecule has 2 heterocycles. The Balaban J connectivity index is 1.25. The van der Waals surface area contributed by atoms with Gasteiger partial charge in [-0.25, -0.2) is 4.98 Å². The average Bonchev–Trinajstić information content (AvgIpc) is 3.23. The van der Waals surface area contributed by atoms with E-state index < -0.39 is 0 Å². The molecule has 32 heavy (non-hydrogen) atoms. The van der Waals surface area contributed by atoms with Crippen molar-refractivity contribution >= 4 is 11.6 Å². The molecular formula is C25H30ClN3O3. The van der Waals surface area contributed by atoms with E-state index >= 15 is 0 Å². The van der Waals surface area contributed by atoms with Gasteiger partial charge in [0.15, 0.2) is 0 Å². The van der Waals surface area contributed by atoms with Crippen LogP contribution < -0.4 is 9.47 Å². The first-order valence-corrected chi connectivity index (χ1v) is 11.3. The van der Waals surface area contributed by atoms with E-state index in [1.807, 2.05) is 54.2 Å². The molecule has 3 aromatic rings. The number of hydrogen-bond donors (Lipinski definition) is 0. The van der Waals surface area contributed by atoms with Crippen molar-refractivity contribution in [2.75, 3.05) is 26.8 Å². The Hall–Kier alpha value is -2.54. The Kier molecular flexibility index (Phi) is 7.35. The molecule has 0 unspecified atom stereocenters. The predicted octanol–water partition coefficient (Wildman–Crippen LogP) is 4.71. The second-order valence-corrected chi connectivity index (χ2v) is 8.73. The second-order valence-electron chi connectivity index (χ2n) is 8.30. The first-order chi connectivity index (χ1) is 15.5. The number of hydrogen-bond acceptors (Lipinski definition) is 5.